The molecule has 26 heavy (non-hydrogen) atoms. The summed E-state index contributed by atoms with van der Waals surface area (Å²) in [6.45, 7) is 6.20. The number of anilines is 1. The maximum Gasteiger partial charge on any atom is 0.281 e. The zero-order valence-corrected chi connectivity index (χ0v) is 17.0. The highest BCUT2D eigenvalue weighted by Crippen LogP contribution is 2.26. The molecule has 1 aromatic heterocycles. The second kappa shape index (κ2) is 8.67. The van der Waals surface area contributed by atoms with Crippen LogP contribution in [0.5, 0.6) is 0 Å². The van der Waals surface area contributed by atoms with Crippen LogP contribution in [0.1, 0.15) is 24.3 Å². The molecule has 0 radical (unpaired) electrons. The number of carbonyl (C=O) groups excluding carboxylic acids is 1. The number of halogens is 2. The number of nitrogens with one attached hydrogen (secondary N) is 2. The highest BCUT2D eigenvalue weighted by molar-refractivity contribution is 7.15. The molecule has 1 aromatic carbocycles. The molecule has 0 unspecified atom stereocenters. The van der Waals surface area contributed by atoms with Crippen molar-refractivity contribution < 1.29 is 14.4 Å². The van der Waals surface area contributed by atoms with Crippen molar-refractivity contribution in [3.63, 3.8) is 0 Å². The lowest BCUT2D eigenvalue weighted by Gasteiger charge is -2.31. The molecule has 2 heterocycles. The number of carbonyl (C=O) groups is 1. The highest BCUT2D eigenvalue weighted by atomic mass is 35.5. The van der Waals surface area contributed by atoms with E-state index in [0.29, 0.717) is 28.1 Å². The van der Waals surface area contributed by atoms with Crippen molar-refractivity contribution in [2.24, 2.45) is 0 Å². The van der Waals surface area contributed by atoms with Crippen LogP contribution in [0.15, 0.2) is 24.4 Å². The van der Waals surface area contributed by atoms with Gasteiger partial charge in [-0.25, -0.2) is 4.98 Å². The van der Waals surface area contributed by atoms with Crippen LogP contribution in [0.4, 0.5) is 5.13 Å². The second-order valence-corrected chi connectivity index (χ2v) is 8.64. The summed E-state index contributed by atoms with van der Waals surface area (Å²) < 4.78 is 5.71. The molecule has 0 aliphatic carbocycles. The Morgan fingerprint density at radius 3 is 2.77 bits per heavy atom. The fourth-order valence-corrected chi connectivity index (χ4v) is 4.55. The number of hydrogen-bond donors (Lipinski definition) is 2. The van der Waals surface area contributed by atoms with Gasteiger partial charge < -0.3 is 9.64 Å². The van der Waals surface area contributed by atoms with E-state index >= 15 is 0 Å². The van der Waals surface area contributed by atoms with Crippen LogP contribution in [0.25, 0.3) is 0 Å². The van der Waals surface area contributed by atoms with E-state index in [1.54, 1.807) is 12.3 Å². The molecule has 2 atom stereocenters. The van der Waals surface area contributed by atoms with Crippen molar-refractivity contribution in [2.75, 3.05) is 25.0 Å². The second-order valence-electron chi connectivity index (χ2n) is 6.68. The summed E-state index contributed by atoms with van der Waals surface area (Å²) in [5.74, 6) is -0.0216. The Hall–Kier alpha value is -1.18. The first-order valence-electron chi connectivity index (χ1n) is 8.56. The predicted molar refractivity (Wildman–Crippen MR) is 106 cm³/mol. The smallest absolute Gasteiger partial charge is 0.281 e. The van der Waals surface area contributed by atoms with Gasteiger partial charge in [-0.15, -0.1) is 11.3 Å². The molecular weight excluding hydrogens is 393 g/mol. The number of quaternary nitrogens is 1. The zero-order valence-electron chi connectivity index (χ0n) is 14.7. The van der Waals surface area contributed by atoms with Crippen LogP contribution in [0, 0.1) is 0 Å². The van der Waals surface area contributed by atoms with Gasteiger partial charge in [0.2, 0.25) is 0 Å². The van der Waals surface area contributed by atoms with E-state index in [1.165, 1.54) is 16.2 Å². The van der Waals surface area contributed by atoms with Gasteiger partial charge in [-0.05, 0) is 31.5 Å². The number of amides is 1. The van der Waals surface area contributed by atoms with Gasteiger partial charge in [0.25, 0.3) is 5.91 Å². The molecule has 2 N–H and O–H groups in total. The van der Waals surface area contributed by atoms with Crippen molar-refractivity contribution in [3.05, 3.63) is 44.9 Å². The van der Waals surface area contributed by atoms with Crippen LogP contribution in [0.3, 0.4) is 0 Å². The number of morpholine rings is 1. The van der Waals surface area contributed by atoms with Gasteiger partial charge >= 0.3 is 0 Å². The average Bonchev–Trinajstić information content (AvgIpc) is 2.96. The van der Waals surface area contributed by atoms with Crippen LogP contribution < -0.4 is 10.2 Å². The van der Waals surface area contributed by atoms with E-state index < -0.39 is 0 Å². The number of thiazole rings is 1. The summed E-state index contributed by atoms with van der Waals surface area (Å²) in [5, 5.41) is 4.77. The van der Waals surface area contributed by atoms with E-state index in [1.807, 2.05) is 26.0 Å². The summed E-state index contributed by atoms with van der Waals surface area (Å²) in [5.41, 5.74) is 0.985. The van der Waals surface area contributed by atoms with E-state index in [-0.39, 0.29) is 18.1 Å². The first kappa shape index (κ1) is 19.6. The van der Waals surface area contributed by atoms with Crippen LogP contribution in [0.2, 0.25) is 10.0 Å². The predicted octanol–water partition coefficient (Wildman–Crippen LogP) is 2.67. The van der Waals surface area contributed by atoms with Crippen LogP contribution in [-0.2, 0) is 16.0 Å². The number of hydrogen-bond acceptors (Lipinski definition) is 4. The summed E-state index contributed by atoms with van der Waals surface area (Å²) in [6.07, 6.45) is 2.79. The average molecular weight is 415 g/mol. The molecule has 140 valence electrons. The molecule has 1 aliphatic heterocycles. The third-order valence-corrected chi connectivity index (χ3v) is 5.71. The quantitative estimate of drug-likeness (QED) is 0.790. The number of aromatic nitrogens is 1. The largest absolute Gasteiger partial charge is 0.364 e. The molecule has 0 bridgehead atoms. The Labute approximate surface area is 167 Å². The zero-order chi connectivity index (χ0) is 18.7. The van der Waals surface area contributed by atoms with Crippen LogP contribution >= 0.6 is 34.5 Å². The Morgan fingerprint density at radius 1 is 1.35 bits per heavy atom. The Morgan fingerprint density at radius 2 is 2.08 bits per heavy atom. The van der Waals surface area contributed by atoms with Gasteiger partial charge in [0.15, 0.2) is 11.7 Å². The van der Waals surface area contributed by atoms with Crippen molar-refractivity contribution >= 4 is 45.6 Å². The molecule has 0 spiro atoms. The van der Waals surface area contributed by atoms with Crippen molar-refractivity contribution in [1.82, 2.24) is 4.98 Å². The van der Waals surface area contributed by atoms with E-state index in [4.69, 9.17) is 27.9 Å². The number of ether oxygens (including phenoxy) is 1. The monoisotopic (exact) mass is 414 g/mol. The summed E-state index contributed by atoms with van der Waals surface area (Å²) in [6, 6.07) is 5.46. The van der Waals surface area contributed by atoms with Gasteiger partial charge in [-0.3, -0.25) is 10.1 Å². The molecular formula is C18H22Cl2N3O2S+. The van der Waals surface area contributed by atoms with Gasteiger partial charge in [0.05, 0.1) is 0 Å². The molecule has 0 saturated carbocycles. The third kappa shape index (κ3) is 5.41. The topological polar surface area (TPSA) is 55.7 Å². The Balaban J connectivity index is 1.55. The van der Waals surface area contributed by atoms with E-state index in [9.17, 15) is 4.79 Å². The number of rotatable bonds is 5. The minimum Gasteiger partial charge on any atom is -0.364 e. The van der Waals surface area contributed by atoms with Gasteiger partial charge in [-0.2, -0.15) is 0 Å². The fourth-order valence-electron chi connectivity index (χ4n) is 3.22. The molecule has 1 amide bonds. The van der Waals surface area contributed by atoms with Crippen LogP contribution in [-0.4, -0.2) is 42.7 Å². The minimum absolute atomic E-state index is 0.0216. The maximum absolute atomic E-state index is 12.3. The lowest BCUT2D eigenvalue weighted by atomic mass is 10.1. The minimum atomic E-state index is -0.0216. The first-order chi connectivity index (χ1) is 12.4. The molecule has 8 heteroatoms. The van der Waals surface area contributed by atoms with Crippen molar-refractivity contribution in [3.8, 4) is 0 Å². The molecule has 1 fully saturated rings. The molecule has 2 aromatic rings. The number of benzene rings is 1. The summed E-state index contributed by atoms with van der Waals surface area (Å²) in [7, 11) is 0. The van der Waals surface area contributed by atoms with Crippen molar-refractivity contribution in [2.45, 2.75) is 32.5 Å². The Bertz CT molecular complexity index is 774. The number of nitrogens with zero attached hydrogens (tertiary/aromatic N) is 1. The van der Waals surface area contributed by atoms with E-state index in [2.05, 4.69) is 10.3 Å². The van der Waals surface area contributed by atoms with Gasteiger partial charge in [0.1, 0.15) is 25.3 Å². The summed E-state index contributed by atoms with van der Waals surface area (Å²) >= 11 is 13.6. The third-order valence-electron chi connectivity index (χ3n) is 4.21. The fraction of sp³-hybridized carbons (Fsp3) is 0.444. The lowest BCUT2D eigenvalue weighted by molar-refractivity contribution is -0.907. The van der Waals surface area contributed by atoms with E-state index in [0.717, 1.165) is 23.5 Å². The lowest BCUT2D eigenvalue weighted by Crippen LogP contribution is -3.16. The molecule has 5 nitrogen and oxygen atoms in total. The molecule has 1 saturated heterocycles. The van der Waals surface area contributed by atoms with Gasteiger partial charge in [0, 0.05) is 27.5 Å². The highest BCUT2D eigenvalue weighted by Gasteiger charge is 2.27. The Kier molecular flexibility index (Phi) is 6.53. The standard InChI is InChI=1S/C18H21Cl2N3O2S/c1-11-8-23(9-12(2)25-11)10-17(24)22-18-21-7-15(26-18)5-13-3-4-14(19)6-16(13)20/h3-4,6-7,11-12H,5,8-10H2,1-2H3,(H,21,22,24)/p+1/t11-,12-/m1/s1. The summed E-state index contributed by atoms with van der Waals surface area (Å²) in [4.78, 5) is 18.9. The SMILES string of the molecule is C[C@@H]1C[NH+](CC(=O)Nc2ncc(Cc3ccc(Cl)cc3Cl)s2)C[C@@H](C)O1. The van der Waals surface area contributed by atoms with Crippen molar-refractivity contribution in [1.29, 1.82) is 0 Å². The molecule has 1 aliphatic rings. The normalized spacial score (nSPS) is 23.0. The first-order valence-corrected chi connectivity index (χ1v) is 10.1. The van der Waals surface area contributed by atoms with Gasteiger partial charge in [-0.1, -0.05) is 29.3 Å². The molecule has 3 rings (SSSR count). The maximum atomic E-state index is 12.3.